The van der Waals surface area contributed by atoms with E-state index in [1.807, 2.05) is 0 Å². The van der Waals surface area contributed by atoms with E-state index in [0.717, 1.165) is 44.6 Å². The molecule has 0 heterocycles. The van der Waals surface area contributed by atoms with E-state index in [9.17, 15) is 9.59 Å². The number of amides is 2. The quantitative estimate of drug-likeness (QED) is 0.277. The van der Waals surface area contributed by atoms with Crippen LogP contribution < -0.4 is 0 Å². The Bertz CT molecular complexity index is 446. The Morgan fingerprint density at radius 1 is 0.840 bits per heavy atom. The molecule has 0 aromatic heterocycles. The summed E-state index contributed by atoms with van der Waals surface area (Å²) in [5.74, 6) is -0.618. The van der Waals surface area contributed by atoms with Gasteiger partial charge in [-0.3, -0.25) is 14.5 Å². The van der Waals surface area contributed by atoms with Gasteiger partial charge < -0.3 is 8.85 Å². The van der Waals surface area contributed by atoms with Gasteiger partial charge in [0.2, 0.25) is 0 Å². The fourth-order valence-electron chi connectivity index (χ4n) is 2.47. The van der Waals surface area contributed by atoms with Gasteiger partial charge in [-0.15, -0.1) is 0 Å². The van der Waals surface area contributed by atoms with Crippen LogP contribution in [0.15, 0.2) is 24.3 Å². The molecule has 5 nitrogen and oxygen atoms in total. The van der Waals surface area contributed by atoms with Crippen LogP contribution in [-0.2, 0) is 18.4 Å². The topological polar surface area (TPSA) is 55.8 Å². The lowest BCUT2D eigenvalue weighted by atomic mass is 10.1. The summed E-state index contributed by atoms with van der Waals surface area (Å²) in [6.07, 6.45) is 6.29. The first kappa shape index (κ1) is 23.8. The summed E-state index contributed by atoms with van der Waals surface area (Å²) in [6.45, 7) is 13.0. The van der Waals surface area contributed by atoms with Crippen molar-refractivity contribution in [1.29, 1.82) is 0 Å². The Morgan fingerprint density at radius 2 is 1.24 bits per heavy atom. The van der Waals surface area contributed by atoms with Crippen molar-refractivity contribution in [2.24, 2.45) is 0 Å². The maximum absolute atomic E-state index is 12.1. The molecule has 0 bridgehead atoms. The van der Waals surface area contributed by atoms with Crippen LogP contribution in [0.1, 0.15) is 52.4 Å². The van der Waals surface area contributed by atoms with E-state index in [4.69, 9.17) is 8.85 Å². The molecule has 0 aliphatic rings. The standard InChI is InChI=1S/C19H35NO4Si/c1-16(2)18(21)20(19(22)17(3)4)14-12-10-8-9-11-13-15-25(7,23-5)24-6/h1,3,8-15H2,2,4-7H3. The Kier molecular flexibility index (Phi) is 11.6. The van der Waals surface area contributed by atoms with E-state index in [2.05, 4.69) is 19.7 Å². The SMILES string of the molecule is C=C(C)C(=O)N(CCCCCCCC[Si](C)(OC)OC)C(=O)C(=C)C. The number of imide groups is 1. The lowest BCUT2D eigenvalue weighted by Crippen LogP contribution is -2.38. The predicted molar refractivity (Wildman–Crippen MR) is 104 cm³/mol. The average Bonchev–Trinajstić information content (AvgIpc) is 2.58. The van der Waals surface area contributed by atoms with E-state index in [0.29, 0.717) is 17.7 Å². The second-order valence-corrected chi connectivity index (χ2v) is 10.3. The molecule has 6 heteroatoms. The highest BCUT2D eigenvalue weighted by molar-refractivity contribution is 6.65. The maximum atomic E-state index is 12.1. The summed E-state index contributed by atoms with van der Waals surface area (Å²) in [5, 5.41) is 0. The molecule has 0 aliphatic carbocycles. The number of carbonyl (C=O) groups is 2. The number of carbonyl (C=O) groups excluding carboxylic acids is 2. The van der Waals surface area contributed by atoms with Crippen LogP contribution in [0.2, 0.25) is 12.6 Å². The van der Waals surface area contributed by atoms with Gasteiger partial charge in [0, 0.05) is 31.9 Å². The lowest BCUT2D eigenvalue weighted by molar-refractivity contribution is -0.140. The molecule has 0 saturated carbocycles. The molecule has 0 atom stereocenters. The van der Waals surface area contributed by atoms with Gasteiger partial charge in [-0.1, -0.05) is 45.3 Å². The second kappa shape index (κ2) is 12.2. The third-order valence-electron chi connectivity index (χ3n) is 4.35. The van der Waals surface area contributed by atoms with Gasteiger partial charge in [0.15, 0.2) is 0 Å². The molecule has 0 radical (unpaired) electrons. The first-order chi connectivity index (χ1) is 11.7. The van der Waals surface area contributed by atoms with Gasteiger partial charge >= 0.3 is 8.56 Å². The molecular formula is C19H35NO4Si. The van der Waals surface area contributed by atoms with Gasteiger partial charge in [0.1, 0.15) is 0 Å². The molecule has 144 valence electrons. The van der Waals surface area contributed by atoms with Crippen molar-refractivity contribution in [1.82, 2.24) is 4.90 Å². The molecule has 0 aromatic carbocycles. The monoisotopic (exact) mass is 369 g/mol. The van der Waals surface area contributed by atoms with Gasteiger partial charge in [0.05, 0.1) is 0 Å². The summed E-state index contributed by atoms with van der Waals surface area (Å²) in [7, 11) is 1.51. The smallest absolute Gasteiger partial charge is 0.334 e. The zero-order valence-corrected chi connectivity index (χ0v) is 17.7. The third kappa shape index (κ3) is 9.14. The number of hydrogen-bond acceptors (Lipinski definition) is 4. The fraction of sp³-hybridized carbons (Fsp3) is 0.684. The Balaban J connectivity index is 4.07. The van der Waals surface area contributed by atoms with Crippen molar-refractivity contribution >= 4 is 20.4 Å². The normalized spacial score (nSPS) is 11.2. The minimum atomic E-state index is -1.93. The molecule has 0 fully saturated rings. The summed E-state index contributed by atoms with van der Waals surface area (Å²) >= 11 is 0. The van der Waals surface area contributed by atoms with Crippen LogP contribution in [0, 0.1) is 0 Å². The van der Waals surface area contributed by atoms with Crippen molar-refractivity contribution in [3.63, 3.8) is 0 Å². The van der Waals surface area contributed by atoms with Gasteiger partial charge in [0.25, 0.3) is 11.8 Å². The molecule has 0 aromatic rings. The molecule has 0 spiro atoms. The van der Waals surface area contributed by atoms with Crippen molar-refractivity contribution in [2.75, 3.05) is 20.8 Å². The minimum Gasteiger partial charge on any atom is -0.398 e. The molecule has 0 aliphatic heterocycles. The third-order valence-corrected chi connectivity index (χ3v) is 7.34. The molecule has 0 saturated heterocycles. The highest BCUT2D eigenvalue weighted by atomic mass is 28.4. The average molecular weight is 370 g/mol. The minimum absolute atomic E-state index is 0.309. The first-order valence-corrected chi connectivity index (χ1v) is 11.5. The van der Waals surface area contributed by atoms with Crippen LogP contribution in [-0.4, -0.2) is 46.0 Å². The van der Waals surface area contributed by atoms with E-state index < -0.39 is 8.56 Å². The molecule has 0 N–H and O–H groups in total. The largest absolute Gasteiger partial charge is 0.398 e. The Labute approximate surface area is 154 Å². The zero-order valence-electron chi connectivity index (χ0n) is 16.7. The van der Waals surface area contributed by atoms with Crippen molar-refractivity contribution < 1.29 is 18.4 Å². The van der Waals surface area contributed by atoms with Crippen LogP contribution in [0.4, 0.5) is 0 Å². The van der Waals surface area contributed by atoms with Crippen LogP contribution >= 0.6 is 0 Å². The first-order valence-electron chi connectivity index (χ1n) is 8.96. The summed E-state index contributed by atoms with van der Waals surface area (Å²) in [6, 6.07) is 1.01. The van der Waals surface area contributed by atoms with E-state index in [-0.39, 0.29) is 11.8 Å². The summed E-state index contributed by atoms with van der Waals surface area (Å²) in [4.78, 5) is 25.4. The predicted octanol–water partition coefficient (Wildman–Crippen LogP) is 4.20. The Hall–Kier alpha value is -1.24. The van der Waals surface area contributed by atoms with E-state index >= 15 is 0 Å². The van der Waals surface area contributed by atoms with Crippen molar-refractivity contribution in [3.05, 3.63) is 24.3 Å². The van der Waals surface area contributed by atoms with Crippen molar-refractivity contribution in [2.45, 2.75) is 65.0 Å². The maximum Gasteiger partial charge on any atom is 0.334 e. The molecule has 2 amide bonds. The lowest BCUT2D eigenvalue weighted by Gasteiger charge is -2.22. The molecule has 0 rings (SSSR count). The van der Waals surface area contributed by atoms with Gasteiger partial charge in [-0.25, -0.2) is 0 Å². The molecular weight excluding hydrogens is 334 g/mol. The van der Waals surface area contributed by atoms with Crippen LogP contribution in [0.25, 0.3) is 0 Å². The van der Waals surface area contributed by atoms with Gasteiger partial charge in [-0.2, -0.15) is 0 Å². The summed E-state index contributed by atoms with van der Waals surface area (Å²) in [5.41, 5.74) is 0.746. The highest BCUT2D eigenvalue weighted by Crippen LogP contribution is 2.17. The highest BCUT2D eigenvalue weighted by Gasteiger charge is 2.27. The molecule has 0 unspecified atom stereocenters. The number of nitrogens with zero attached hydrogens (tertiary/aromatic N) is 1. The molecule has 25 heavy (non-hydrogen) atoms. The number of unbranched alkanes of at least 4 members (excludes halogenated alkanes) is 5. The summed E-state index contributed by atoms with van der Waals surface area (Å²) < 4.78 is 10.9. The van der Waals surface area contributed by atoms with Crippen molar-refractivity contribution in [3.8, 4) is 0 Å². The number of rotatable bonds is 13. The second-order valence-electron chi connectivity index (χ2n) is 6.74. The van der Waals surface area contributed by atoms with Crippen LogP contribution in [0.3, 0.4) is 0 Å². The number of hydrogen-bond donors (Lipinski definition) is 0. The zero-order chi connectivity index (χ0) is 19.5. The van der Waals surface area contributed by atoms with E-state index in [1.54, 1.807) is 28.1 Å². The Morgan fingerprint density at radius 3 is 1.64 bits per heavy atom. The van der Waals surface area contributed by atoms with E-state index in [1.165, 1.54) is 4.90 Å². The van der Waals surface area contributed by atoms with Gasteiger partial charge in [-0.05, 0) is 32.9 Å². The fourth-order valence-corrected chi connectivity index (χ4v) is 3.93. The van der Waals surface area contributed by atoms with Crippen LogP contribution in [0.5, 0.6) is 0 Å².